The van der Waals surface area contributed by atoms with Crippen LogP contribution in [0.5, 0.6) is 0 Å². The van der Waals surface area contributed by atoms with Crippen LogP contribution in [0, 0.1) is 13.8 Å². The van der Waals surface area contributed by atoms with Gasteiger partial charge >= 0.3 is 0 Å². The first kappa shape index (κ1) is 14.5. The molecule has 0 unspecified atom stereocenters. The van der Waals surface area contributed by atoms with E-state index in [-0.39, 0.29) is 0 Å². The highest BCUT2D eigenvalue weighted by molar-refractivity contribution is 7.99. The minimum atomic E-state index is 0.329. The largest absolute Gasteiger partial charge is 0.347 e. The van der Waals surface area contributed by atoms with Crippen LogP contribution in [-0.4, -0.2) is 34.0 Å². The van der Waals surface area contributed by atoms with Gasteiger partial charge in [-0.3, -0.25) is 5.43 Å². The molecule has 0 aromatic carbocycles. The van der Waals surface area contributed by atoms with Gasteiger partial charge < -0.3 is 4.90 Å². The number of hydrogen-bond acceptors (Lipinski definition) is 8. The van der Waals surface area contributed by atoms with Crippen LogP contribution in [0.4, 0.5) is 11.9 Å². The van der Waals surface area contributed by atoms with E-state index in [1.807, 2.05) is 40.1 Å². The lowest BCUT2D eigenvalue weighted by Gasteiger charge is -2.12. The number of aromatic nitrogens is 4. The van der Waals surface area contributed by atoms with Gasteiger partial charge in [-0.1, -0.05) is 0 Å². The molecule has 0 saturated heterocycles. The first-order chi connectivity index (χ1) is 9.47. The van der Waals surface area contributed by atoms with Crippen molar-refractivity contribution >= 4 is 23.7 Å². The highest BCUT2D eigenvalue weighted by Crippen LogP contribution is 2.25. The summed E-state index contributed by atoms with van der Waals surface area (Å²) in [5.74, 6) is 6.25. The second-order valence-corrected chi connectivity index (χ2v) is 5.49. The van der Waals surface area contributed by atoms with E-state index in [1.165, 1.54) is 11.8 Å². The van der Waals surface area contributed by atoms with Gasteiger partial charge in [0.25, 0.3) is 0 Å². The molecule has 2 heterocycles. The molecule has 0 aliphatic heterocycles. The quantitative estimate of drug-likeness (QED) is 0.645. The Morgan fingerprint density at radius 1 is 1.10 bits per heavy atom. The maximum Gasteiger partial charge on any atom is 0.242 e. The van der Waals surface area contributed by atoms with Crippen molar-refractivity contribution in [1.82, 2.24) is 19.9 Å². The summed E-state index contributed by atoms with van der Waals surface area (Å²) in [7, 11) is 3.72. The molecule has 0 fully saturated rings. The summed E-state index contributed by atoms with van der Waals surface area (Å²) in [5.41, 5.74) is 4.56. The summed E-state index contributed by atoms with van der Waals surface area (Å²) < 4.78 is 0. The molecular formula is C12H17N7S. The van der Waals surface area contributed by atoms with Gasteiger partial charge in [0.15, 0.2) is 0 Å². The molecule has 106 valence electrons. The molecule has 3 N–H and O–H groups in total. The number of hydrazine groups is 1. The van der Waals surface area contributed by atoms with Crippen molar-refractivity contribution in [2.75, 3.05) is 24.4 Å². The average Bonchev–Trinajstić information content (AvgIpc) is 2.36. The molecule has 2 rings (SSSR count). The zero-order chi connectivity index (χ0) is 14.7. The van der Waals surface area contributed by atoms with E-state index in [1.54, 1.807) is 4.90 Å². The van der Waals surface area contributed by atoms with Gasteiger partial charge in [0.2, 0.25) is 17.1 Å². The van der Waals surface area contributed by atoms with Crippen molar-refractivity contribution in [3.05, 3.63) is 23.4 Å². The van der Waals surface area contributed by atoms with Crippen LogP contribution in [0.2, 0.25) is 0 Å². The lowest BCUT2D eigenvalue weighted by atomic mass is 10.3. The maximum absolute atomic E-state index is 5.38. The third-order valence-electron chi connectivity index (χ3n) is 2.40. The van der Waals surface area contributed by atoms with Gasteiger partial charge in [-0.2, -0.15) is 15.0 Å². The summed E-state index contributed by atoms with van der Waals surface area (Å²) in [6.45, 7) is 3.99. The van der Waals surface area contributed by atoms with Crippen LogP contribution in [0.25, 0.3) is 0 Å². The topological polar surface area (TPSA) is 92.8 Å². The normalized spacial score (nSPS) is 10.4. The van der Waals surface area contributed by atoms with Crippen LogP contribution in [-0.2, 0) is 0 Å². The number of nitrogens with one attached hydrogen (secondary N) is 1. The smallest absolute Gasteiger partial charge is 0.242 e. The molecule has 0 aliphatic rings. The Hall–Kier alpha value is -1.93. The Morgan fingerprint density at radius 2 is 1.85 bits per heavy atom. The van der Waals surface area contributed by atoms with E-state index < -0.39 is 0 Å². The summed E-state index contributed by atoms with van der Waals surface area (Å²) in [5, 5.41) is 1.40. The molecule has 8 heteroatoms. The molecule has 0 radical (unpaired) electrons. The molecule has 0 bridgehead atoms. The highest BCUT2D eigenvalue weighted by atomic mass is 32.2. The van der Waals surface area contributed by atoms with Crippen LogP contribution < -0.4 is 16.2 Å². The van der Waals surface area contributed by atoms with E-state index in [9.17, 15) is 0 Å². The number of nitrogen functional groups attached to an aromatic ring is 1. The zero-order valence-corrected chi connectivity index (χ0v) is 12.7. The number of anilines is 2. The van der Waals surface area contributed by atoms with E-state index in [4.69, 9.17) is 5.84 Å². The first-order valence-electron chi connectivity index (χ1n) is 6.01. The van der Waals surface area contributed by atoms with E-state index in [0.717, 1.165) is 16.3 Å². The fourth-order valence-electron chi connectivity index (χ4n) is 1.61. The van der Waals surface area contributed by atoms with Crippen LogP contribution in [0.15, 0.2) is 22.3 Å². The lowest BCUT2D eigenvalue weighted by Crippen LogP contribution is -2.17. The standard InChI is InChI=1S/C12H17N7S/c1-7-5-8(2)14-9(6-7)20-12-16-10(18-13)15-11(17-12)19(3)4/h5-6H,13H2,1-4H3,(H,15,16,17,18). The van der Waals surface area contributed by atoms with Crippen LogP contribution >= 0.6 is 11.8 Å². The van der Waals surface area contributed by atoms with Gasteiger partial charge in [-0.05, 0) is 43.3 Å². The monoisotopic (exact) mass is 291 g/mol. The molecule has 0 amide bonds. The Kier molecular flexibility index (Phi) is 4.35. The predicted octanol–water partition coefficient (Wildman–Crippen LogP) is 1.39. The molecule has 0 atom stereocenters. The fourth-order valence-corrected chi connectivity index (χ4v) is 2.49. The third kappa shape index (κ3) is 3.55. The van der Waals surface area contributed by atoms with Crippen molar-refractivity contribution in [2.45, 2.75) is 24.0 Å². The fraction of sp³-hybridized carbons (Fsp3) is 0.333. The lowest BCUT2D eigenvalue weighted by molar-refractivity contribution is 0.863. The minimum absolute atomic E-state index is 0.329. The molecule has 2 aromatic heterocycles. The number of hydrogen-bond donors (Lipinski definition) is 2. The van der Waals surface area contributed by atoms with E-state index >= 15 is 0 Å². The summed E-state index contributed by atoms with van der Waals surface area (Å²) in [4.78, 5) is 19.0. The maximum atomic E-state index is 5.38. The second kappa shape index (κ2) is 6.02. The van der Waals surface area contributed by atoms with Gasteiger partial charge in [0, 0.05) is 19.8 Å². The average molecular weight is 291 g/mol. The van der Waals surface area contributed by atoms with E-state index in [0.29, 0.717) is 17.1 Å². The molecule has 20 heavy (non-hydrogen) atoms. The second-order valence-electron chi connectivity index (χ2n) is 4.51. The van der Waals surface area contributed by atoms with Crippen molar-refractivity contribution in [3.63, 3.8) is 0 Å². The molecular weight excluding hydrogens is 274 g/mol. The first-order valence-corrected chi connectivity index (χ1v) is 6.83. The van der Waals surface area contributed by atoms with Crippen LogP contribution in [0.1, 0.15) is 11.3 Å². The summed E-state index contributed by atoms with van der Waals surface area (Å²) >= 11 is 1.38. The number of aryl methyl sites for hydroxylation is 2. The Morgan fingerprint density at radius 3 is 2.45 bits per heavy atom. The number of pyridine rings is 1. The number of rotatable bonds is 4. The Bertz CT molecular complexity index is 594. The summed E-state index contributed by atoms with van der Waals surface area (Å²) in [6.07, 6.45) is 0. The predicted molar refractivity (Wildman–Crippen MR) is 79.8 cm³/mol. The van der Waals surface area contributed by atoms with Crippen molar-refractivity contribution in [2.24, 2.45) is 5.84 Å². The van der Waals surface area contributed by atoms with Crippen molar-refractivity contribution < 1.29 is 0 Å². The minimum Gasteiger partial charge on any atom is -0.347 e. The molecule has 0 spiro atoms. The van der Waals surface area contributed by atoms with Gasteiger partial charge in [0.05, 0.1) is 0 Å². The highest BCUT2D eigenvalue weighted by Gasteiger charge is 2.10. The molecule has 2 aromatic rings. The Labute approximate surface area is 122 Å². The van der Waals surface area contributed by atoms with Crippen molar-refractivity contribution in [3.8, 4) is 0 Å². The van der Waals surface area contributed by atoms with Crippen LogP contribution in [0.3, 0.4) is 0 Å². The third-order valence-corrected chi connectivity index (χ3v) is 3.19. The summed E-state index contributed by atoms with van der Waals surface area (Å²) in [6, 6.07) is 4.02. The van der Waals surface area contributed by atoms with E-state index in [2.05, 4.69) is 25.4 Å². The Balaban J connectivity index is 2.34. The van der Waals surface area contributed by atoms with Crippen molar-refractivity contribution in [1.29, 1.82) is 0 Å². The van der Waals surface area contributed by atoms with Gasteiger partial charge in [-0.15, -0.1) is 0 Å². The molecule has 7 nitrogen and oxygen atoms in total. The molecule has 0 saturated carbocycles. The van der Waals surface area contributed by atoms with Gasteiger partial charge in [0.1, 0.15) is 5.03 Å². The van der Waals surface area contributed by atoms with Gasteiger partial charge in [-0.25, -0.2) is 10.8 Å². The molecule has 0 aliphatic carbocycles. The number of nitrogens with zero attached hydrogens (tertiary/aromatic N) is 5. The SMILES string of the molecule is Cc1cc(C)nc(Sc2nc(NN)nc(N(C)C)n2)c1. The number of nitrogens with two attached hydrogens (primary N) is 1. The zero-order valence-electron chi connectivity index (χ0n) is 11.9.